The lowest BCUT2D eigenvalue weighted by Gasteiger charge is -2.19. The Labute approximate surface area is 172 Å². The van der Waals surface area contributed by atoms with Crippen LogP contribution >= 0.6 is 11.3 Å². The summed E-state index contributed by atoms with van der Waals surface area (Å²) in [6, 6.07) is 13.4. The number of likely N-dealkylation sites (N-methyl/N-ethyl adjacent to an activating group) is 1. The average molecular weight is 410 g/mol. The van der Waals surface area contributed by atoms with Crippen LogP contribution in [0, 0.1) is 0 Å². The van der Waals surface area contributed by atoms with Gasteiger partial charge in [0.15, 0.2) is 11.5 Å². The van der Waals surface area contributed by atoms with Crippen LogP contribution < -0.4 is 5.32 Å². The zero-order valence-electron chi connectivity index (χ0n) is 16.5. The van der Waals surface area contributed by atoms with Crippen LogP contribution in [0.2, 0.25) is 0 Å². The molecule has 0 saturated carbocycles. The molecular formula is C21H23N5O2S. The maximum absolute atomic E-state index is 12.8. The van der Waals surface area contributed by atoms with Gasteiger partial charge in [-0.05, 0) is 36.7 Å². The monoisotopic (exact) mass is 409 g/mol. The minimum absolute atomic E-state index is 0.232. The zero-order chi connectivity index (χ0) is 20.2. The second kappa shape index (κ2) is 8.59. The third kappa shape index (κ3) is 4.08. The van der Waals surface area contributed by atoms with E-state index < -0.39 is 0 Å². The zero-order valence-corrected chi connectivity index (χ0v) is 17.3. The predicted molar refractivity (Wildman–Crippen MR) is 115 cm³/mol. The molecule has 3 aromatic heterocycles. The highest BCUT2D eigenvalue weighted by molar-refractivity contribution is 7.13. The Bertz CT molecular complexity index is 1100. The van der Waals surface area contributed by atoms with Crippen molar-refractivity contribution in [3.8, 4) is 10.6 Å². The first-order valence-corrected chi connectivity index (χ1v) is 10.6. The molecule has 0 spiro atoms. The van der Waals surface area contributed by atoms with Gasteiger partial charge in [-0.25, -0.2) is 4.98 Å². The molecule has 1 amide bonds. The summed E-state index contributed by atoms with van der Waals surface area (Å²) in [5, 5.41) is 8.79. The minimum atomic E-state index is -0.337. The first-order valence-electron chi connectivity index (χ1n) is 9.69. The van der Waals surface area contributed by atoms with E-state index in [1.807, 2.05) is 46.3 Å². The van der Waals surface area contributed by atoms with Gasteiger partial charge in [0.25, 0.3) is 5.91 Å². The van der Waals surface area contributed by atoms with Crippen molar-refractivity contribution in [2.24, 2.45) is 0 Å². The molecule has 1 aromatic carbocycles. The number of benzene rings is 1. The standard InChI is InChI=1S/C21H23N5O2S/c1-3-25(4-2)11-12-26-17-9-6-5-8-15(17)22-21(26)23-20(27)16-14-18(28-24-16)19-10-7-13-29-19/h5-10,13-14H,3-4,11-12H2,1-2H3,(H,22,23,27). The summed E-state index contributed by atoms with van der Waals surface area (Å²) in [7, 11) is 0. The number of rotatable bonds is 8. The molecule has 4 rings (SSSR count). The molecule has 0 aliphatic rings. The van der Waals surface area contributed by atoms with Gasteiger partial charge in [-0.3, -0.25) is 10.1 Å². The number of thiophene rings is 1. The SMILES string of the molecule is CCN(CC)CCn1c(NC(=O)c2cc(-c3cccs3)on2)nc2ccccc21. The van der Waals surface area contributed by atoms with Gasteiger partial charge in [0.1, 0.15) is 0 Å². The van der Waals surface area contributed by atoms with Crippen molar-refractivity contribution in [3.05, 3.63) is 53.5 Å². The first kappa shape index (κ1) is 19.4. The Hall–Kier alpha value is -2.97. The largest absolute Gasteiger partial charge is 0.355 e. The van der Waals surface area contributed by atoms with Crippen LogP contribution in [0.15, 0.2) is 52.4 Å². The van der Waals surface area contributed by atoms with Crippen molar-refractivity contribution in [2.75, 3.05) is 25.0 Å². The summed E-state index contributed by atoms with van der Waals surface area (Å²) in [4.78, 5) is 20.7. The Balaban J connectivity index is 1.58. The average Bonchev–Trinajstić information content (AvgIpc) is 3.48. The molecule has 1 N–H and O–H groups in total. The molecule has 7 nitrogen and oxygen atoms in total. The molecule has 0 unspecified atom stereocenters. The van der Waals surface area contributed by atoms with Gasteiger partial charge in [0.05, 0.1) is 15.9 Å². The second-order valence-electron chi connectivity index (χ2n) is 6.61. The van der Waals surface area contributed by atoms with E-state index in [1.165, 1.54) is 11.3 Å². The number of nitrogens with zero attached hydrogens (tertiary/aromatic N) is 4. The normalized spacial score (nSPS) is 11.4. The number of carbonyl (C=O) groups excluding carboxylic acids is 1. The first-order chi connectivity index (χ1) is 14.2. The van der Waals surface area contributed by atoms with Crippen molar-refractivity contribution < 1.29 is 9.32 Å². The lowest BCUT2D eigenvalue weighted by molar-refractivity contribution is 0.101. The van der Waals surface area contributed by atoms with E-state index in [-0.39, 0.29) is 11.6 Å². The summed E-state index contributed by atoms with van der Waals surface area (Å²) in [5.74, 6) is 0.764. The summed E-state index contributed by atoms with van der Waals surface area (Å²) in [6.07, 6.45) is 0. The quantitative estimate of drug-likeness (QED) is 0.468. The van der Waals surface area contributed by atoms with Gasteiger partial charge in [-0.2, -0.15) is 0 Å². The molecule has 29 heavy (non-hydrogen) atoms. The van der Waals surface area contributed by atoms with Gasteiger partial charge in [-0.15, -0.1) is 11.3 Å². The van der Waals surface area contributed by atoms with E-state index in [0.717, 1.165) is 42.1 Å². The van der Waals surface area contributed by atoms with Gasteiger partial charge in [0, 0.05) is 19.2 Å². The van der Waals surface area contributed by atoms with Crippen LogP contribution in [0.4, 0.5) is 5.95 Å². The maximum Gasteiger partial charge on any atom is 0.280 e. The molecule has 0 saturated heterocycles. The third-order valence-electron chi connectivity index (χ3n) is 4.92. The molecule has 0 fully saturated rings. The van der Waals surface area contributed by atoms with E-state index in [9.17, 15) is 4.79 Å². The summed E-state index contributed by atoms with van der Waals surface area (Å²) in [6.45, 7) is 7.87. The number of fused-ring (bicyclic) bond motifs is 1. The fraction of sp³-hybridized carbons (Fsp3) is 0.286. The molecule has 0 bridgehead atoms. The number of imidazole rings is 1. The van der Waals surface area contributed by atoms with Gasteiger partial charge >= 0.3 is 0 Å². The fourth-order valence-electron chi connectivity index (χ4n) is 3.26. The smallest absolute Gasteiger partial charge is 0.280 e. The second-order valence-corrected chi connectivity index (χ2v) is 7.56. The lowest BCUT2D eigenvalue weighted by Crippen LogP contribution is -2.27. The summed E-state index contributed by atoms with van der Waals surface area (Å²) < 4.78 is 7.38. The molecule has 3 heterocycles. The number of hydrogen-bond acceptors (Lipinski definition) is 6. The lowest BCUT2D eigenvalue weighted by atomic mass is 10.3. The Morgan fingerprint density at radius 3 is 2.79 bits per heavy atom. The summed E-state index contributed by atoms with van der Waals surface area (Å²) >= 11 is 1.54. The van der Waals surface area contributed by atoms with Gasteiger partial charge in [-0.1, -0.05) is 37.2 Å². The molecule has 8 heteroatoms. The summed E-state index contributed by atoms with van der Waals surface area (Å²) in [5.41, 5.74) is 2.08. The van der Waals surface area contributed by atoms with E-state index in [0.29, 0.717) is 11.7 Å². The van der Waals surface area contributed by atoms with Crippen LogP contribution in [0.3, 0.4) is 0 Å². The molecular weight excluding hydrogens is 386 g/mol. The van der Waals surface area contributed by atoms with E-state index in [1.54, 1.807) is 6.07 Å². The van der Waals surface area contributed by atoms with Crippen LogP contribution in [-0.2, 0) is 6.54 Å². The van der Waals surface area contributed by atoms with Crippen molar-refractivity contribution in [2.45, 2.75) is 20.4 Å². The number of para-hydroxylation sites is 2. The van der Waals surface area contributed by atoms with E-state index >= 15 is 0 Å². The molecule has 0 aliphatic carbocycles. The Morgan fingerprint density at radius 1 is 1.21 bits per heavy atom. The molecule has 0 atom stereocenters. The van der Waals surface area contributed by atoms with Crippen molar-refractivity contribution in [1.29, 1.82) is 0 Å². The van der Waals surface area contributed by atoms with Crippen molar-refractivity contribution in [1.82, 2.24) is 19.6 Å². The molecule has 0 aliphatic heterocycles. The molecule has 4 aromatic rings. The number of anilines is 1. The van der Waals surface area contributed by atoms with Gasteiger partial charge in [0.2, 0.25) is 5.95 Å². The van der Waals surface area contributed by atoms with E-state index in [2.05, 4.69) is 34.2 Å². The highest BCUT2D eigenvalue weighted by Crippen LogP contribution is 2.26. The predicted octanol–water partition coefficient (Wildman–Crippen LogP) is 4.35. The van der Waals surface area contributed by atoms with Crippen LogP contribution in [0.5, 0.6) is 0 Å². The highest BCUT2D eigenvalue weighted by atomic mass is 32.1. The van der Waals surface area contributed by atoms with Crippen LogP contribution in [0.1, 0.15) is 24.3 Å². The Kier molecular flexibility index (Phi) is 5.73. The van der Waals surface area contributed by atoms with E-state index in [4.69, 9.17) is 4.52 Å². The van der Waals surface area contributed by atoms with Gasteiger partial charge < -0.3 is 14.0 Å². The fourth-order valence-corrected chi connectivity index (χ4v) is 3.93. The number of amides is 1. The van der Waals surface area contributed by atoms with Crippen LogP contribution in [0.25, 0.3) is 21.7 Å². The van der Waals surface area contributed by atoms with Crippen molar-refractivity contribution >= 4 is 34.2 Å². The Morgan fingerprint density at radius 2 is 2.03 bits per heavy atom. The number of hydrogen-bond donors (Lipinski definition) is 1. The topological polar surface area (TPSA) is 76.2 Å². The number of aromatic nitrogens is 3. The highest BCUT2D eigenvalue weighted by Gasteiger charge is 2.18. The van der Waals surface area contributed by atoms with Crippen molar-refractivity contribution in [3.63, 3.8) is 0 Å². The molecule has 150 valence electrons. The minimum Gasteiger partial charge on any atom is -0.355 e. The third-order valence-corrected chi connectivity index (χ3v) is 5.81. The van der Waals surface area contributed by atoms with Crippen LogP contribution in [-0.4, -0.2) is 45.1 Å². The maximum atomic E-state index is 12.8. The number of nitrogens with one attached hydrogen (secondary N) is 1. The number of carbonyl (C=O) groups is 1. The molecule has 0 radical (unpaired) electrons.